The Labute approximate surface area is 196 Å². The summed E-state index contributed by atoms with van der Waals surface area (Å²) in [5.74, 6) is -2.14. The van der Waals surface area contributed by atoms with Gasteiger partial charge in [0, 0.05) is 24.7 Å². The van der Waals surface area contributed by atoms with Crippen LogP contribution in [0.5, 0.6) is 5.75 Å². The first-order valence-electron chi connectivity index (χ1n) is 10.1. The lowest BCUT2D eigenvalue weighted by Gasteiger charge is -2.25. The second-order valence-electron chi connectivity index (χ2n) is 8.27. The molecule has 0 radical (unpaired) electrons. The van der Waals surface area contributed by atoms with E-state index in [1.54, 1.807) is 19.2 Å². The average Bonchev–Trinajstić information content (AvgIpc) is 3.05. The standard InChI is InChI=1S/C22H22ClF5N4O2/c1-12-8-16(34-10-13-14(24)4-3-5-15(13)25)19-31-18(23)17(32(19)9-12)20(33)30-11-21(2,29)6-7-22(26,27)28/h3-5,8-9H,6-7,10-11,29H2,1-2H3,(H,30,33). The number of imidazole rings is 1. The van der Waals surface area contributed by atoms with E-state index in [9.17, 15) is 26.7 Å². The molecule has 3 rings (SSSR count). The molecule has 0 spiro atoms. The molecule has 0 bridgehead atoms. The van der Waals surface area contributed by atoms with Crippen LogP contribution < -0.4 is 15.8 Å². The highest BCUT2D eigenvalue weighted by molar-refractivity contribution is 6.32. The molecule has 0 aliphatic carbocycles. The van der Waals surface area contributed by atoms with Crippen molar-refractivity contribution in [1.29, 1.82) is 0 Å². The van der Waals surface area contributed by atoms with E-state index in [0.717, 1.165) is 12.1 Å². The first kappa shape index (κ1) is 25.7. The number of carbonyl (C=O) groups is 1. The zero-order chi connectivity index (χ0) is 25.3. The van der Waals surface area contributed by atoms with E-state index in [2.05, 4.69) is 10.3 Å². The molecule has 184 valence electrons. The summed E-state index contributed by atoms with van der Waals surface area (Å²) in [4.78, 5) is 16.9. The summed E-state index contributed by atoms with van der Waals surface area (Å²) >= 11 is 6.18. The highest BCUT2D eigenvalue weighted by Crippen LogP contribution is 2.28. The van der Waals surface area contributed by atoms with Crippen LogP contribution in [0, 0.1) is 18.6 Å². The van der Waals surface area contributed by atoms with Crippen molar-refractivity contribution in [2.24, 2.45) is 5.73 Å². The molecular formula is C22H22ClF5N4O2. The molecule has 0 fully saturated rings. The molecule has 34 heavy (non-hydrogen) atoms. The fourth-order valence-electron chi connectivity index (χ4n) is 3.23. The quantitative estimate of drug-likeness (QED) is 0.426. The van der Waals surface area contributed by atoms with E-state index in [0.29, 0.717) is 5.56 Å². The Bertz CT molecular complexity index is 1190. The smallest absolute Gasteiger partial charge is 0.389 e. The molecule has 1 aromatic carbocycles. The molecule has 2 aromatic heterocycles. The van der Waals surface area contributed by atoms with Crippen molar-refractivity contribution in [3.05, 3.63) is 64.1 Å². The number of ether oxygens (including phenoxy) is 1. The Morgan fingerprint density at radius 3 is 2.50 bits per heavy atom. The predicted octanol–water partition coefficient (Wildman–Crippen LogP) is 4.94. The lowest BCUT2D eigenvalue weighted by atomic mass is 9.97. The van der Waals surface area contributed by atoms with Gasteiger partial charge in [-0.05, 0) is 44.0 Å². The zero-order valence-electron chi connectivity index (χ0n) is 18.3. The Balaban J connectivity index is 1.82. The molecule has 1 unspecified atom stereocenters. The molecule has 0 saturated heterocycles. The Morgan fingerprint density at radius 1 is 1.24 bits per heavy atom. The van der Waals surface area contributed by atoms with Gasteiger partial charge in [0.15, 0.2) is 22.2 Å². The normalized spacial score (nSPS) is 13.7. The van der Waals surface area contributed by atoms with Gasteiger partial charge in [0.25, 0.3) is 5.91 Å². The number of fused-ring (bicyclic) bond motifs is 1. The largest absolute Gasteiger partial charge is 0.485 e. The van der Waals surface area contributed by atoms with Crippen LogP contribution >= 0.6 is 11.6 Å². The zero-order valence-corrected chi connectivity index (χ0v) is 19.0. The van der Waals surface area contributed by atoms with Gasteiger partial charge in [0.05, 0.1) is 5.56 Å². The Kier molecular flexibility index (Phi) is 7.37. The molecule has 6 nitrogen and oxygen atoms in total. The SMILES string of the molecule is Cc1cc(OCc2c(F)cccc2F)c2nc(Cl)c(C(=O)NCC(C)(N)CCC(F)(F)F)n2c1. The van der Waals surface area contributed by atoms with Gasteiger partial charge in [-0.25, -0.2) is 13.8 Å². The second kappa shape index (κ2) is 9.75. The topological polar surface area (TPSA) is 81.6 Å². The van der Waals surface area contributed by atoms with Crippen molar-refractivity contribution >= 4 is 23.2 Å². The number of aromatic nitrogens is 2. The fourth-order valence-corrected chi connectivity index (χ4v) is 3.48. The van der Waals surface area contributed by atoms with Gasteiger partial charge in [-0.2, -0.15) is 13.2 Å². The summed E-state index contributed by atoms with van der Waals surface area (Å²) in [5, 5.41) is 2.29. The Hall–Kier alpha value is -2.92. The van der Waals surface area contributed by atoms with Crippen molar-refractivity contribution < 1.29 is 31.5 Å². The van der Waals surface area contributed by atoms with Crippen LogP contribution in [-0.4, -0.2) is 33.6 Å². The summed E-state index contributed by atoms with van der Waals surface area (Å²) < 4.78 is 72.3. The first-order valence-corrected chi connectivity index (χ1v) is 10.5. The molecule has 3 N–H and O–H groups in total. The number of carbonyl (C=O) groups excluding carboxylic acids is 1. The second-order valence-corrected chi connectivity index (χ2v) is 8.63. The maximum Gasteiger partial charge on any atom is 0.389 e. The minimum absolute atomic E-state index is 0.0890. The van der Waals surface area contributed by atoms with Crippen LogP contribution in [0.15, 0.2) is 30.5 Å². The molecular weight excluding hydrogens is 483 g/mol. The third kappa shape index (κ3) is 6.15. The monoisotopic (exact) mass is 504 g/mol. The van der Waals surface area contributed by atoms with Crippen molar-refractivity contribution in [3.63, 3.8) is 0 Å². The maximum atomic E-state index is 13.9. The van der Waals surface area contributed by atoms with Crippen LogP contribution in [0.25, 0.3) is 5.65 Å². The number of nitrogens with zero attached hydrogens (tertiary/aromatic N) is 2. The highest BCUT2D eigenvalue weighted by atomic mass is 35.5. The van der Waals surface area contributed by atoms with Gasteiger partial charge in [-0.3, -0.25) is 9.20 Å². The van der Waals surface area contributed by atoms with Crippen molar-refractivity contribution in [2.45, 2.75) is 45.0 Å². The molecule has 12 heteroatoms. The van der Waals surface area contributed by atoms with Gasteiger partial charge in [-0.1, -0.05) is 17.7 Å². The van der Waals surface area contributed by atoms with E-state index >= 15 is 0 Å². The highest BCUT2D eigenvalue weighted by Gasteiger charge is 2.32. The van der Waals surface area contributed by atoms with E-state index < -0.39 is 42.3 Å². The summed E-state index contributed by atoms with van der Waals surface area (Å²) in [6, 6.07) is 4.99. The lowest BCUT2D eigenvalue weighted by Crippen LogP contribution is -2.48. The third-order valence-corrected chi connectivity index (χ3v) is 5.33. The average molecular weight is 505 g/mol. The summed E-state index contributed by atoms with van der Waals surface area (Å²) in [5.41, 5.74) is 4.95. The van der Waals surface area contributed by atoms with Crippen LogP contribution in [0.2, 0.25) is 5.15 Å². The number of halogens is 6. The third-order valence-electron chi connectivity index (χ3n) is 5.06. The van der Waals surface area contributed by atoms with Crippen molar-refractivity contribution in [1.82, 2.24) is 14.7 Å². The minimum Gasteiger partial charge on any atom is -0.485 e. The molecule has 2 heterocycles. The molecule has 1 atom stereocenters. The fraction of sp³-hybridized carbons (Fsp3) is 0.364. The van der Waals surface area contributed by atoms with Crippen LogP contribution in [0.3, 0.4) is 0 Å². The first-order chi connectivity index (χ1) is 15.8. The van der Waals surface area contributed by atoms with Crippen LogP contribution in [0.1, 0.15) is 41.4 Å². The molecule has 3 aromatic rings. The summed E-state index contributed by atoms with van der Waals surface area (Å²) in [6.07, 6.45) is -4.30. The van der Waals surface area contributed by atoms with Crippen molar-refractivity contribution in [3.8, 4) is 5.75 Å². The van der Waals surface area contributed by atoms with Crippen molar-refractivity contribution in [2.75, 3.05) is 6.54 Å². The minimum atomic E-state index is -4.37. The number of nitrogens with two attached hydrogens (primary N) is 1. The van der Waals surface area contributed by atoms with E-state index in [4.69, 9.17) is 22.1 Å². The van der Waals surface area contributed by atoms with Gasteiger partial charge in [-0.15, -0.1) is 0 Å². The number of hydrogen-bond acceptors (Lipinski definition) is 4. The molecule has 0 saturated carbocycles. The number of nitrogens with one attached hydrogen (secondary N) is 1. The number of hydrogen-bond donors (Lipinski definition) is 2. The van der Waals surface area contributed by atoms with E-state index in [-0.39, 0.29) is 40.8 Å². The number of amides is 1. The van der Waals surface area contributed by atoms with Gasteiger partial charge < -0.3 is 15.8 Å². The number of benzene rings is 1. The van der Waals surface area contributed by atoms with Gasteiger partial charge in [0.2, 0.25) is 0 Å². The predicted molar refractivity (Wildman–Crippen MR) is 116 cm³/mol. The lowest BCUT2D eigenvalue weighted by molar-refractivity contribution is -0.137. The summed E-state index contributed by atoms with van der Waals surface area (Å²) in [6.45, 7) is 2.41. The summed E-state index contributed by atoms with van der Waals surface area (Å²) in [7, 11) is 0. The Morgan fingerprint density at radius 2 is 1.88 bits per heavy atom. The number of rotatable bonds is 8. The maximum absolute atomic E-state index is 13.9. The van der Waals surface area contributed by atoms with Crippen LogP contribution in [0.4, 0.5) is 22.0 Å². The molecule has 0 aliphatic heterocycles. The van der Waals surface area contributed by atoms with E-state index in [1.807, 2.05) is 0 Å². The number of alkyl halides is 3. The van der Waals surface area contributed by atoms with E-state index in [1.165, 1.54) is 17.4 Å². The molecule has 0 aliphatic rings. The number of pyridine rings is 1. The van der Waals surface area contributed by atoms with Gasteiger partial charge >= 0.3 is 6.18 Å². The van der Waals surface area contributed by atoms with Crippen LogP contribution in [-0.2, 0) is 6.61 Å². The molecule has 1 amide bonds. The number of aryl methyl sites for hydroxylation is 1. The van der Waals surface area contributed by atoms with Gasteiger partial charge in [0.1, 0.15) is 18.2 Å².